The Morgan fingerprint density at radius 3 is 2.64 bits per heavy atom. The van der Waals surface area contributed by atoms with E-state index in [9.17, 15) is 21.6 Å². The van der Waals surface area contributed by atoms with Gasteiger partial charge in [0.15, 0.2) is 0 Å². The number of aromatic nitrogens is 1. The first-order chi connectivity index (χ1) is 12.8. The van der Waals surface area contributed by atoms with Crippen LogP contribution in [0.25, 0.3) is 0 Å². The van der Waals surface area contributed by atoms with Crippen molar-refractivity contribution < 1.29 is 40.8 Å². The average Bonchev–Trinajstić information content (AvgIpc) is 3.19. The number of ether oxygens (including phenoxy) is 1. The van der Waals surface area contributed by atoms with E-state index in [2.05, 4.69) is 14.8 Å². The zero-order valence-electron chi connectivity index (χ0n) is 15.3. The SMILES string of the molecule is Cc1cc(CN2C[C@@H]3COC[C@]3(CNS(C)(=O)=O)C2)no1.O=C(O)C(F)(F)F. The molecule has 2 fully saturated rings. The molecular formula is C15H22F3N3O6S. The molecule has 0 aromatic carbocycles. The first kappa shape index (κ1) is 22.6. The highest BCUT2D eigenvalue weighted by Gasteiger charge is 2.50. The van der Waals surface area contributed by atoms with E-state index in [1.807, 2.05) is 13.0 Å². The molecule has 0 aliphatic carbocycles. The molecule has 2 atom stereocenters. The molecule has 0 unspecified atom stereocenters. The van der Waals surface area contributed by atoms with Gasteiger partial charge in [0, 0.05) is 43.6 Å². The van der Waals surface area contributed by atoms with Crippen LogP contribution in [0.15, 0.2) is 10.6 Å². The second-order valence-corrected chi connectivity index (χ2v) is 8.90. The number of nitrogens with one attached hydrogen (secondary N) is 1. The molecule has 2 aliphatic heterocycles. The Balaban J connectivity index is 0.000000345. The zero-order valence-corrected chi connectivity index (χ0v) is 16.1. The summed E-state index contributed by atoms with van der Waals surface area (Å²) in [4.78, 5) is 11.2. The molecule has 0 amide bonds. The number of carbonyl (C=O) groups is 1. The van der Waals surface area contributed by atoms with Gasteiger partial charge in [-0.1, -0.05) is 5.16 Å². The predicted octanol–water partition coefficient (Wildman–Crippen LogP) is 0.614. The van der Waals surface area contributed by atoms with Crippen LogP contribution in [0.1, 0.15) is 11.5 Å². The minimum Gasteiger partial charge on any atom is -0.475 e. The molecule has 160 valence electrons. The topological polar surface area (TPSA) is 122 Å². The number of halogens is 3. The number of hydrogen-bond acceptors (Lipinski definition) is 7. The number of likely N-dealkylation sites (tertiary alicyclic amines) is 1. The number of aliphatic carboxylic acids is 1. The summed E-state index contributed by atoms with van der Waals surface area (Å²) < 4.78 is 67.8. The van der Waals surface area contributed by atoms with Crippen LogP contribution in [0.3, 0.4) is 0 Å². The Labute approximate surface area is 159 Å². The third kappa shape index (κ3) is 6.15. The Morgan fingerprint density at radius 2 is 2.14 bits per heavy atom. The molecule has 0 radical (unpaired) electrons. The third-order valence-corrected chi connectivity index (χ3v) is 5.25. The summed E-state index contributed by atoms with van der Waals surface area (Å²) in [5, 5.41) is 11.1. The van der Waals surface area contributed by atoms with Gasteiger partial charge in [-0.15, -0.1) is 0 Å². The van der Waals surface area contributed by atoms with Crippen LogP contribution in [0.4, 0.5) is 13.2 Å². The number of rotatable bonds is 5. The van der Waals surface area contributed by atoms with E-state index in [1.165, 1.54) is 6.26 Å². The van der Waals surface area contributed by atoms with E-state index in [1.54, 1.807) is 0 Å². The number of fused-ring (bicyclic) bond motifs is 1. The maximum atomic E-state index is 11.4. The van der Waals surface area contributed by atoms with Gasteiger partial charge in [0.25, 0.3) is 0 Å². The monoisotopic (exact) mass is 429 g/mol. The van der Waals surface area contributed by atoms with Gasteiger partial charge in [-0.2, -0.15) is 13.2 Å². The van der Waals surface area contributed by atoms with Gasteiger partial charge in [-0.25, -0.2) is 17.9 Å². The van der Waals surface area contributed by atoms with Crippen molar-refractivity contribution in [1.82, 2.24) is 14.8 Å². The second kappa shape index (κ2) is 8.35. The number of carboxylic acids is 1. The van der Waals surface area contributed by atoms with Gasteiger partial charge in [0.2, 0.25) is 10.0 Å². The normalized spacial score (nSPS) is 25.2. The van der Waals surface area contributed by atoms with Crippen molar-refractivity contribution >= 4 is 16.0 Å². The smallest absolute Gasteiger partial charge is 0.475 e. The number of nitrogens with zero attached hydrogens (tertiary/aromatic N) is 2. The largest absolute Gasteiger partial charge is 0.490 e. The Hall–Kier alpha value is -1.70. The van der Waals surface area contributed by atoms with Crippen molar-refractivity contribution in [2.75, 3.05) is 39.1 Å². The quantitative estimate of drug-likeness (QED) is 0.698. The van der Waals surface area contributed by atoms with Crippen LogP contribution in [-0.4, -0.2) is 74.8 Å². The fourth-order valence-corrected chi connectivity index (χ4v) is 3.86. The van der Waals surface area contributed by atoms with Crippen molar-refractivity contribution in [2.24, 2.45) is 11.3 Å². The zero-order chi connectivity index (χ0) is 21.2. The minimum atomic E-state index is -5.08. The highest BCUT2D eigenvalue weighted by atomic mass is 32.2. The standard InChI is InChI=1S/C13H21N3O4S.C2HF3O2/c1-10-3-12(15-20-10)5-16-4-11-6-19-9-13(11,8-16)7-14-21(2,17)18;3-2(4,5)1(6)7/h3,11,14H,4-9H2,1-2H3;(H,6,7)/t11-,13+;/m1./s1. The molecule has 0 saturated carbocycles. The van der Waals surface area contributed by atoms with Crippen LogP contribution < -0.4 is 4.72 Å². The minimum absolute atomic E-state index is 0.123. The molecule has 3 rings (SSSR count). The van der Waals surface area contributed by atoms with Crippen molar-refractivity contribution in [3.8, 4) is 0 Å². The average molecular weight is 429 g/mol. The lowest BCUT2D eigenvalue weighted by Crippen LogP contribution is -2.42. The molecule has 1 aromatic rings. The summed E-state index contributed by atoms with van der Waals surface area (Å²) in [6, 6.07) is 1.94. The Kier molecular flexibility index (Phi) is 6.74. The summed E-state index contributed by atoms with van der Waals surface area (Å²) in [6.45, 7) is 6.05. The summed E-state index contributed by atoms with van der Waals surface area (Å²) in [6.07, 6.45) is -3.89. The fraction of sp³-hybridized carbons (Fsp3) is 0.733. The van der Waals surface area contributed by atoms with E-state index < -0.39 is 22.2 Å². The predicted molar refractivity (Wildman–Crippen MR) is 89.8 cm³/mol. The number of sulfonamides is 1. The summed E-state index contributed by atoms with van der Waals surface area (Å²) in [5.74, 6) is -1.59. The van der Waals surface area contributed by atoms with Gasteiger partial charge in [0.1, 0.15) is 5.76 Å². The van der Waals surface area contributed by atoms with E-state index in [0.29, 0.717) is 25.7 Å². The number of aryl methyl sites for hydroxylation is 1. The number of hydrogen-bond donors (Lipinski definition) is 2. The highest BCUT2D eigenvalue weighted by Crippen LogP contribution is 2.41. The molecular weight excluding hydrogens is 407 g/mol. The molecule has 9 nitrogen and oxygen atoms in total. The molecule has 13 heteroatoms. The van der Waals surface area contributed by atoms with Gasteiger partial charge in [-0.3, -0.25) is 4.90 Å². The van der Waals surface area contributed by atoms with E-state index in [4.69, 9.17) is 19.2 Å². The fourth-order valence-electron chi connectivity index (χ4n) is 3.31. The maximum absolute atomic E-state index is 11.4. The van der Waals surface area contributed by atoms with E-state index >= 15 is 0 Å². The lowest BCUT2D eigenvalue weighted by molar-refractivity contribution is -0.192. The molecule has 2 saturated heterocycles. The molecule has 28 heavy (non-hydrogen) atoms. The molecule has 1 aromatic heterocycles. The van der Waals surface area contributed by atoms with Crippen molar-refractivity contribution in [3.05, 3.63) is 17.5 Å². The molecule has 3 heterocycles. The Bertz CT molecular complexity index is 797. The van der Waals surface area contributed by atoms with Gasteiger partial charge < -0.3 is 14.4 Å². The molecule has 2 N–H and O–H groups in total. The summed E-state index contributed by atoms with van der Waals surface area (Å²) in [5.41, 5.74) is 0.793. The molecule has 0 bridgehead atoms. The van der Waals surface area contributed by atoms with E-state index in [-0.39, 0.29) is 5.41 Å². The maximum Gasteiger partial charge on any atom is 0.490 e. The van der Waals surface area contributed by atoms with E-state index in [0.717, 1.165) is 31.1 Å². The first-order valence-electron chi connectivity index (χ1n) is 8.28. The summed E-state index contributed by atoms with van der Waals surface area (Å²) in [7, 11) is -3.18. The first-order valence-corrected chi connectivity index (χ1v) is 10.2. The van der Waals surface area contributed by atoms with Gasteiger partial charge in [-0.05, 0) is 6.92 Å². The molecule has 2 aliphatic rings. The lowest BCUT2D eigenvalue weighted by atomic mass is 9.81. The third-order valence-electron chi connectivity index (χ3n) is 4.58. The van der Waals surface area contributed by atoms with Crippen molar-refractivity contribution in [2.45, 2.75) is 19.6 Å². The van der Waals surface area contributed by atoms with Crippen molar-refractivity contribution in [3.63, 3.8) is 0 Å². The highest BCUT2D eigenvalue weighted by molar-refractivity contribution is 7.88. The van der Waals surface area contributed by atoms with Crippen LogP contribution in [0.2, 0.25) is 0 Å². The number of alkyl halides is 3. The van der Waals surface area contributed by atoms with Crippen LogP contribution in [0, 0.1) is 18.3 Å². The Morgan fingerprint density at radius 1 is 1.50 bits per heavy atom. The van der Waals surface area contributed by atoms with Crippen molar-refractivity contribution in [1.29, 1.82) is 0 Å². The summed E-state index contributed by atoms with van der Waals surface area (Å²) >= 11 is 0. The second-order valence-electron chi connectivity index (χ2n) is 7.07. The number of carboxylic acid groups (broad SMARTS) is 1. The van der Waals surface area contributed by atoms with Crippen LogP contribution in [0.5, 0.6) is 0 Å². The molecule has 0 spiro atoms. The lowest BCUT2D eigenvalue weighted by Gasteiger charge is -2.27. The van der Waals surface area contributed by atoms with Gasteiger partial charge >= 0.3 is 12.1 Å². The van der Waals surface area contributed by atoms with Gasteiger partial charge in [0.05, 0.1) is 25.2 Å². The van der Waals surface area contributed by atoms with Crippen LogP contribution >= 0.6 is 0 Å². The van der Waals surface area contributed by atoms with Crippen LogP contribution in [-0.2, 0) is 26.1 Å².